The van der Waals surface area contributed by atoms with E-state index in [0.717, 1.165) is 16.5 Å². The average molecular weight is 346 g/mol. The molecule has 0 radical (unpaired) electrons. The molecule has 0 fully saturated rings. The molecular formula is C22H18FNP+. The quantitative estimate of drug-likeness (QED) is 0.330. The van der Waals surface area contributed by atoms with Gasteiger partial charge in [0.1, 0.15) is 7.05 Å². The van der Waals surface area contributed by atoms with E-state index in [1.54, 1.807) is 0 Å². The third-order valence-corrected chi connectivity index (χ3v) is 7.61. The topological polar surface area (TPSA) is 3.88 Å². The molecule has 1 aliphatic rings. The van der Waals surface area contributed by atoms with E-state index in [9.17, 15) is 0 Å². The zero-order chi connectivity index (χ0) is 17.3. The minimum Gasteiger partial charge on any atom is -0.205 e. The highest BCUT2D eigenvalue weighted by Gasteiger charge is 2.36. The Hall–Kier alpha value is -2.31. The Balaban J connectivity index is 2.09. The number of nitrogens with zero attached hydrogens (tertiary/aromatic N) is 1. The first-order chi connectivity index (χ1) is 12.1. The van der Waals surface area contributed by atoms with Crippen molar-refractivity contribution in [2.75, 3.05) is 6.66 Å². The maximum absolute atomic E-state index is 15.6. The van der Waals surface area contributed by atoms with E-state index in [-0.39, 0.29) is 5.82 Å². The van der Waals surface area contributed by atoms with E-state index < -0.39 is 7.92 Å². The fourth-order valence-corrected chi connectivity index (χ4v) is 6.35. The van der Waals surface area contributed by atoms with E-state index >= 15 is 4.39 Å². The fraction of sp³-hybridized carbons (Fsp3) is 0.136. The molecule has 122 valence electrons. The Morgan fingerprint density at radius 3 is 2.60 bits per heavy atom. The normalized spacial score (nSPS) is 15.6. The van der Waals surface area contributed by atoms with E-state index in [4.69, 9.17) is 0 Å². The number of aryl methyl sites for hydroxylation is 2. The van der Waals surface area contributed by atoms with Gasteiger partial charge >= 0.3 is 0 Å². The third-order valence-electron chi connectivity index (χ3n) is 5.43. The third kappa shape index (κ3) is 1.84. The summed E-state index contributed by atoms with van der Waals surface area (Å²) in [5.74, 6) is -0.0526. The molecular weight excluding hydrogens is 328 g/mol. The Bertz CT molecular complexity index is 1200. The average Bonchev–Trinajstić information content (AvgIpc) is 2.64. The number of fused-ring (bicyclic) bond motifs is 3. The highest BCUT2D eigenvalue weighted by molar-refractivity contribution is 7.73. The van der Waals surface area contributed by atoms with Crippen molar-refractivity contribution in [1.29, 1.82) is 0 Å². The maximum Gasteiger partial charge on any atom is 0.224 e. The highest BCUT2D eigenvalue weighted by atomic mass is 31.1. The summed E-state index contributed by atoms with van der Waals surface area (Å²) in [6.45, 7) is 4.32. The van der Waals surface area contributed by atoms with E-state index in [2.05, 4.69) is 55.5 Å². The van der Waals surface area contributed by atoms with Gasteiger partial charge in [0.05, 0.1) is 16.3 Å². The van der Waals surface area contributed by atoms with Crippen molar-refractivity contribution in [3.05, 3.63) is 66.0 Å². The van der Waals surface area contributed by atoms with Crippen LogP contribution in [-0.2, 0) is 7.05 Å². The fourth-order valence-electron chi connectivity index (χ4n) is 4.22. The second-order valence-corrected chi connectivity index (χ2v) is 8.83. The number of aromatic nitrogens is 1. The van der Waals surface area contributed by atoms with Crippen LogP contribution >= 0.6 is 7.92 Å². The van der Waals surface area contributed by atoms with Crippen molar-refractivity contribution < 1.29 is 8.96 Å². The number of hydrogen-bond donors (Lipinski definition) is 0. The summed E-state index contributed by atoms with van der Waals surface area (Å²) in [6.07, 6.45) is 0. The molecule has 0 aliphatic carbocycles. The Morgan fingerprint density at radius 1 is 0.960 bits per heavy atom. The number of pyridine rings is 1. The molecule has 1 aliphatic heterocycles. The van der Waals surface area contributed by atoms with E-state index in [0.29, 0.717) is 5.39 Å². The molecule has 1 nitrogen and oxygen atoms in total. The molecule has 5 rings (SSSR count). The second kappa shape index (κ2) is 5.09. The van der Waals surface area contributed by atoms with Crippen LogP contribution in [-0.4, -0.2) is 6.66 Å². The van der Waals surface area contributed by atoms with Crippen molar-refractivity contribution in [1.82, 2.24) is 0 Å². The van der Waals surface area contributed by atoms with Gasteiger partial charge in [-0.1, -0.05) is 42.5 Å². The molecule has 0 bridgehead atoms. The molecule has 1 atom stereocenters. The van der Waals surface area contributed by atoms with Crippen molar-refractivity contribution in [3.8, 4) is 11.3 Å². The maximum atomic E-state index is 15.6. The van der Waals surface area contributed by atoms with Crippen molar-refractivity contribution in [2.24, 2.45) is 7.05 Å². The number of halogens is 1. The summed E-state index contributed by atoms with van der Waals surface area (Å²) < 4.78 is 17.8. The summed E-state index contributed by atoms with van der Waals surface area (Å²) >= 11 is 0. The zero-order valence-electron chi connectivity index (χ0n) is 14.5. The molecule has 25 heavy (non-hydrogen) atoms. The lowest BCUT2D eigenvalue weighted by Gasteiger charge is -2.26. The van der Waals surface area contributed by atoms with Crippen LogP contribution in [0.3, 0.4) is 0 Å². The summed E-state index contributed by atoms with van der Waals surface area (Å²) in [5.41, 5.74) is 4.38. The predicted octanol–water partition coefficient (Wildman–Crippen LogP) is 4.31. The highest BCUT2D eigenvalue weighted by Crippen LogP contribution is 2.45. The zero-order valence-corrected chi connectivity index (χ0v) is 15.4. The van der Waals surface area contributed by atoms with Gasteiger partial charge < -0.3 is 0 Å². The first-order valence-corrected chi connectivity index (χ1v) is 10.2. The van der Waals surface area contributed by atoms with Crippen LogP contribution < -0.4 is 15.2 Å². The molecule has 0 saturated carbocycles. The minimum absolute atomic E-state index is 0.0526. The largest absolute Gasteiger partial charge is 0.224 e. The summed E-state index contributed by atoms with van der Waals surface area (Å²) in [7, 11) is 1.33. The molecule has 4 aromatic rings. The summed E-state index contributed by atoms with van der Waals surface area (Å²) in [6, 6.07) is 18.6. The molecule has 0 amide bonds. The smallest absolute Gasteiger partial charge is 0.205 e. The minimum atomic E-state index is -0.731. The first-order valence-electron chi connectivity index (χ1n) is 8.46. The van der Waals surface area contributed by atoms with Gasteiger partial charge in [-0.3, -0.25) is 0 Å². The van der Waals surface area contributed by atoms with Gasteiger partial charge in [-0.05, 0) is 43.8 Å². The van der Waals surface area contributed by atoms with Gasteiger partial charge in [0.15, 0.2) is 5.82 Å². The van der Waals surface area contributed by atoms with E-state index in [1.165, 1.54) is 27.2 Å². The monoisotopic (exact) mass is 346 g/mol. The SMILES string of the molecule is Cc1ccc2cccc3c2c1-c1c(c(F)c2ccccc2[n+]1C)P3C. The number of benzene rings is 3. The molecule has 2 heterocycles. The molecule has 0 saturated heterocycles. The Morgan fingerprint density at radius 2 is 1.76 bits per heavy atom. The van der Waals surface area contributed by atoms with Gasteiger partial charge in [0.25, 0.3) is 0 Å². The Labute approximate surface area is 147 Å². The van der Waals surface area contributed by atoms with E-state index in [1.807, 2.05) is 24.3 Å². The lowest BCUT2D eigenvalue weighted by Crippen LogP contribution is -2.41. The van der Waals surface area contributed by atoms with Crippen LogP contribution in [0.5, 0.6) is 0 Å². The van der Waals surface area contributed by atoms with Crippen molar-refractivity contribution in [2.45, 2.75) is 6.92 Å². The molecule has 0 N–H and O–H groups in total. The van der Waals surface area contributed by atoms with Gasteiger partial charge in [-0.25, -0.2) is 4.39 Å². The number of rotatable bonds is 0. The summed E-state index contributed by atoms with van der Waals surface area (Å²) in [4.78, 5) is 0. The predicted molar refractivity (Wildman–Crippen MR) is 105 cm³/mol. The van der Waals surface area contributed by atoms with Crippen molar-refractivity contribution in [3.63, 3.8) is 0 Å². The van der Waals surface area contributed by atoms with Crippen LogP contribution in [0.15, 0.2) is 54.6 Å². The van der Waals surface area contributed by atoms with Gasteiger partial charge in [0.2, 0.25) is 11.2 Å². The van der Waals surface area contributed by atoms with Crippen LogP contribution in [0, 0.1) is 12.7 Å². The van der Waals surface area contributed by atoms with Crippen LogP contribution in [0.2, 0.25) is 0 Å². The molecule has 1 aromatic heterocycles. The second-order valence-electron chi connectivity index (χ2n) is 6.78. The van der Waals surface area contributed by atoms with Crippen molar-refractivity contribution >= 4 is 40.2 Å². The number of para-hydroxylation sites is 1. The van der Waals surface area contributed by atoms with Gasteiger partial charge in [-0.2, -0.15) is 4.57 Å². The lowest BCUT2D eigenvalue weighted by molar-refractivity contribution is -0.632. The molecule has 3 aromatic carbocycles. The molecule has 1 unspecified atom stereocenters. The number of hydrogen-bond acceptors (Lipinski definition) is 0. The van der Waals surface area contributed by atoms with Gasteiger partial charge in [0, 0.05) is 11.5 Å². The van der Waals surface area contributed by atoms with Crippen LogP contribution in [0.25, 0.3) is 32.9 Å². The van der Waals surface area contributed by atoms with Crippen LogP contribution in [0.4, 0.5) is 4.39 Å². The van der Waals surface area contributed by atoms with Crippen LogP contribution in [0.1, 0.15) is 5.56 Å². The lowest BCUT2D eigenvalue weighted by atomic mass is 9.95. The first kappa shape index (κ1) is 15.0. The standard InChI is InChI=1S/C22H18FNP/c1-13-11-12-14-7-6-10-17-19(14)18(13)21-22(25(17)3)20(23)15-8-4-5-9-16(15)24(21)2/h4-12H,1-3H3/q+1. The molecule has 0 spiro atoms. The molecule has 3 heteroatoms. The summed E-state index contributed by atoms with van der Waals surface area (Å²) in [5, 5.41) is 5.42. The van der Waals surface area contributed by atoms with Gasteiger partial charge in [-0.15, -0.1) is 0 Å². The Kier molecular flexibility index (Phi) is 3.05.